The van der Waals surface area contributed by atoms with E-state index >= 15 is 0 Å². The number of nitrogens with zero attached hydrogens (tertiary/aromatic N) is 5. The second kappa shape index (κ2) is 10.0. The first-order valence-electron chi connectivity index (χ1n) is 10.3. The van der Waals surface area contributed by atoms with E-state index in [9.17, 15) is 9.18 Å². The van der Waals surface area contributed by atoms with E-state index in [-0.39, 0.29) is 12.4 Å². The Morgan fingerprint density at radius 1 is 1.21 bits per heavy atom. The Labute approximate surface area is 191 Å². The third-order valence-corrected chi connectivity index (χ3v) is 4.77. The fraction of sp³-hybridized carbons (Fsp3) is 0.261. The number of hydrogen-bond donors (Lipinski definition) is 2. The first-order chi connectivity index (χ1) is 15.7. The van der Waals surface area contributed by atoms with Crippen molar-refractivity contribution in [2.24, 2.45) is 10.7 Å². The maximum atomic E-state index is 13.2. The molecule has 3 rings (SSSR count). The number of nitrogens with two attached hydrogens (primary N) is 1. The lowest BCUT2D eigenvalue weighted by Gasteiger charge is -2.13. The van der Waals surface area contributed by atoms with Crippen molar-refractivity contribution in [1.82, 2.24) is 19.7 Å². The van der Waals surface area contributed by atoms with Crippen molar-refractivity contribution in [3.8, 4) is 5.82 Å². The number of ether oxygens (including phenoxy) is 1. The van der Waals surface area contributed by atoms with Crippen LogP contribution in [0.5, 0.6) is 0 Å². The lowest BCUT2D eigenvalue weighted by molar-refractivity contribution is 0.0524. The molecule has 0 bridgehead atoms. The molecule has 1 aromatic carbocycles. The second-order valence-electron chi connectivity index (χ2n) is 7.30. The minimum Gasteiger partial charge on any atom is -0.462 e. The second-order valence-corrected chi connectivity index (χ2v) is 7.30. The number of carbonyl (C=O) groups is 1. The summed E-state index contributed by atoms with van der Waals surface area (Å²) < 4.78 is 19.9. The molecule has 0 unspecified atom stereocenters. The molecule has 3 aromatic rings. The van der Waals surface area contributed by atoms with E-state index in [0.29, 0.717) is 51.4 Å². The zero-order valence-corrected chi connectivity index (χ0v) is 19.2. The molecule has 3 N–H and O–H groups in total. The van der Waals surface area contributed by atoms with Crippen LogP contribution in [-0.2, 0) is 4.74 Å². The van der Waals surface area contributed by atoms with E-state index in [1.54, 1.807) is 57.5 Å². The van der Waals surface area contributed by atoms with E-state index in [1.165, 1.54) is 18.5 Å². The number of allylic oxidation sites excluding steroid dienone is 2. The summed E-state index contributed by atoms with van der Waals surface area (Å²) in [5.74, 6) is 0.159. The summed E-state index contributed by atoms with van der Waals surface area (Å²) in [5, 5.41) is 7.61. The normalized spacial score (nSPS) is 12.4. The summed E-state index contributed by atoms with van der Waals surface area (Å²) in [6, 6.07) is 7.52. The van der Waals surface area contributed by atoms with Crippen molar-refractivity contribution in [1.29, 1.82) is 0 Å². The summed E-state index contributed by atoms with van der Waals surface area (Å²) in [7, 11) is 0. The molecule has 0 saturated carbocycles. The van der Waals surface area contributed by atoms with Crippen LogP contribution in [0.25, 0.3) is 5.82 Å². The summed E-state index contributed by atoms with van der Waals surface area (Å²) in [6.45, 7) is 9.07. The third-order valence-electron chi connectivity index (χ3n) is 4.77. The van der Waals surface area contributed by atoms with Crippen molar-refractivity contribution in [2.45, 2.75) is 34.6 Å². The average Bonchev–Trinajstić information content (AvgIpc) is 3.07. The number of anilines is 1. The summed E-state index contributed by atoms with van der Waals surface area (Å²) in [6.07, 6.45) is 1.38. The van der Waals surface area contributed by atoms with Crippen LogP contribution in [0.3, 0.4) is 0 Å². The Kier molecular flexibility index (Phi) is 7.17. The van der Waals surface area contributed by atoms with Gasteiger partial charge in [-0.25, -0.2) is 23.8 Å². The summed E-state index contributed by atoms with van der Waals surface area (Å²) in [5.41, 5.74) is 9.88. The van der Waals surface area contributed by atoms with Gasteiger partial charge in [-0.15, -0.1) is 0 Å². The minimum absolute atomic E-state index is 0.275. The van der Waals surface area contributed by atoms with Gasteiger partial charge >= 0.3 is 5.97 Å². The molecule has 0 saturated heterocycles. The molecule has 172 valence electrons. The van der Waals surface area contributed by atoms with Crippen LogP contribution in [0, 0.1) is 19.7 Å². The van der Waals surface area contributed by atoms with Gasteiger partial charge in [0.25, 0.3) is 0 Å². The fourth-order valence-corrected chi connectivity index (χ4v) is 3.26. The van der Waals surface area contributed by atoms with E-state index in [0.717, 1.165) is 0 Å². The number of aromatic nitrogens is 4. The van der Waals surface area contributed by atoms with E-state index in [2.05, 4.69) is 25.4 Å². The number of halogens is 1. The molecule has 2 aromatic heterocycles. The zero-order valence-electron chi connectivity index (χ0n) is 19.2. The Morgan fingerprint density at radius 2 is 1.91 bits per heavy atom. The molecule has 0 fully saturated rings. The van der Waals surface area contributed by atoms with Gasteiger partial charge in [-0.05, 0) is 58.9 Å². The van der Waals surface area contributed by atoms with Crippen LogP contribution in [0.2, 0.25) is 0 Å². The molecule has 10 heteroatoms. The molecule has 0 aliphatic heterocycles. The van der Waals surface area contributed by atoms with Gasteiger partial charge in [0.05, 0.1) is 35.1 Å². The Morgan fingerprint density at radius 3 is 2.55 bits per heavy atom. The maximum Gasteiger partial charge on any atom is 0.341 e. The number of benzene rings is 1. The van der Waals surface area contributed by atoms with Crippen molar-refractivity contribution >= 4 is 23.2 Å². The van der Waals surface area contributed by atoms with Crippen molar-refractivity contribution in [2.75, 3.05) is 11.9 Å². The standard InChI is InChI=1S/C23H26FN7O2/c1-6-33-23(32)21-14(3)30-31(16(21)5)20-11-19(26-12-27-20)29-22(13(2)25)15(4)28-18-9-7-17(24)8-10-18/h7-12H,6,25H2,1-5H3,(H,26,27,29). The quantitative estimate of drug-likeness (QED) is 0.412. The molecule has 33 heavy (non-hydrogen) atoms. The van der Waals surface area contributed by atoms with E-state index in [1.807, 2.05) is 0 Å². The molecule has 0 aliphatic rings. The fourth-order valence-electron chi connectivity index (χ4n) is 3.26. The lowest BCUT2D eigenvalue weighted by Crippen LogP contribution is -2.16. The van der Waals surface area contributed by atoms with Crippen LogP contribution in [-0.4, -0.2) is 38.0 Å². The van der Waals surface area contributed by atoms with Crippen LogP contribution >= 0.6 is 0 Å². The van der Waals surface area contributed by atoms with Crippen LogP contribution in [0.1, 0.15) is 42.5 Å². The Hall–Kier alpha value is -4.08. The maximum absolute atomic E-state index is 13.2. The van der Waals surface area contributed by atoms with Gasteiger partial charge in [0.2, 0.25) is 0 Å². The average molecular weight is 452 g/mol. The monoisotopic (exact) mass is 451 g/mol. The predicted octanol–water partition coefficient (Wildman–Crippen LogP) is 3.99. The Balaban J connectivity index is 1.92. The molecule has 0 aliphatic carbocycles. The molecule has 9 nitrogen and oxygen atoms in total. The van der Waals surface area contributed by atoms with Crippen molar-refractivity contribution < 1.29 is 13.9 Å². The SMILES string of the molecule is CCOC(=O)c1c(C)nn(-c2cc(NC(C(C)=Nc3ccc(F)cc3)=C(C)N)ncn2)c1C. The summed E-state index contributed by atoms with van der Waals surface area (Å²) >= 11 is 0. The minimum atomic E-state index is -0.428. The molecule has 0 spiro atoms. The van der Waals surface area contributed by atoms with Crippen LogP contribution in [0.15, 0.2) is 53.0 Å². The Bertz CT molecular complexity index is 1230. The van der Waals surface area contributed by atoms with Gasteiger partial charge in [-0.3, -0.25) is 4.99 Å². The smallest absolute Gasteiger partial charge is 0.341 e. The van der Waals surface area contributed by atoms with E-state index < -0.39 is 5.97 Å². The first-order valence-corrected chi connectivity index (χ1v) is 10.3. The highest BCUT2D eigenvalue weighted by Crippen LogP contribution is 2.20. The number of aryl methyl sites for hydroxylation is 1. The van der Waals surface area contributed by atoms with E-state index in [4.69, 9.17) is 10.5 Å². The number of hydrogen-bond acceptors (Lipinski definition) is 8. The lowest BCUT2D eigenvalue weighted by atomic mass is 10.2. The van der Waals surface area contributed by atoms with Gasteiger partial charge in [-0.1, -0.05) is 0 Å². The van der Waals surface area contributed by atoms with Gasteiger partial charge in [-0.2, -0.15) is 5.10 Å². The van der Waals surface area contributed by atoms with Crippen molar-refractivity contribution in [3.05, 3.63) is 70.8 Å². The van der Waals surface area contributed by atoms with Gasteiger partial charge < -0.3 is 15.8 Å². The number of nitrogens with one attached hydrogen (secondary N) is 1. The highest BCUT2D eigenvalue weighted by Gasteiger charge is 2.21. The molecular weight excluding hydrogens is 425 g/mol. The highest BCUT2D eigenvalue weighted by atomic mass is 19.1. The highest BCUT2D eigenvalue weighted by molar-refractivity contribution is 6.02. The number of aliphatic imine (C=N–C) groups is 1. The number of carbonyl (C=O) groups excluding carboxylic acids is 1. The summed E-state index contributed by atoms with van der Waals surface area (Å²) in [4.78, 5) is 25.3. The predicted molar refractivity (Wildman–Crippen MR) is 124 cm³/mol. The number of rotatable bonds is 7. The van der Waals surface area contributed by atoms with Crippen molar-refractivity contribution in [3.63, 3.8) is 0 Å². The van der Waals surface area contributed by atoms with Crippen LogP contribution in [0.4, 0.5) is 15.9 Å². The van der Waals surface area contributed by atoms with Gasteiger partial charge in [0, 0.05) is 11.8 Å². The number of esters is 1. The van der Waals surface area contributed by atoms with Gasteiger partial charge in [0.1, 0.15) is 23.5 Å². The molecular formula is C23H26FN7O2. The molecule has 0 radical (unpaired) electrons. The molecule has 2 heterocycles. The third kappa shape index (κ3) is 5.40. The topological polar surface area (TPSA) is 120 Å². The largest absolute Gasteiger partial charge is 0.462 e. The molecule has 0 atom stereocenters. The zero-order chi connectivity index (χ0) is 24.1. The first kappa shape index (κ1) is 23.6. The van der Waals surface area contributed by atoms with Crippen LogP contribution < -0.4 is 11.1 Å². The van der Waals surface area contributed by atoms with Gasteiger partial charge in [0.15, 0.2) is 5.82 Å². The molecule has 0 amide bonds.